The summed E-state index contributed by atoms with van der Waals surface area (Å²) in [5.41, 5.74) is 1.39. The van der Waals surface area contributed by atoms with Gasteiger partial charge in [0.2, 0.25) is 0 Å². The second kappa shape index (κ2) is 8.60. The second-order valence-corrected chi connectivity index (χ2v) is 7.35. The molecule has 1 aliphatic carbocycles. The zero-order valence-electron chi connectivity index (χ0n) is 14.9. The summed E-state index contributed by atoms with van der Waals surface area (Å²) in [5.74, 6) is 0.800. The number of piperidine rings is 1. The van der Waals surface area contributed by atoms with Crippen LogP contribution in [-0.2, 0) is 0 Å². The number of rotatable bonds is 6. The van der Waals surface area contributed by atoms with Crippen molar-refractivity contribution < 1.29 is 4.79 Å². The maximum Gasteiger partial charge on any atom is 0.273 e. The number of amides is 1. The second-order valence-electron chi connectivity index (χ2n) is 7.35. The van der Waals surface area contributed by atoms with Crippen molar-refractivity contribution in [3.63, 3.8) is 0 Å². The molecule has 1 saturated carbocycles. The van der Waals surface area contributed by atoms with Crippen molar-refractivity contribution in [2.45, 2.75) is 70.8 Å². The molecule has 24 heavy (non-hydrogen) atoms. The predicted molar refractivity (Wildman–Crippen MR) is 94.0 cm³/mol. The van der Waals surface area contributed by atoms with Crippen molar-refractivity contribution in [2.24, 2.45) is 5.92 Å². The number of hydrogen-bond acceptors (Lipinski definition) is 4. The Bertz CT molecular complexity index is 530. The Labute approximate surface area is 144 Å². The van der Waals surface area contributed by atoms with Crippen molar-refractivity contribution in [2.75, 3.05) is 19.6 Å². The van der Waals surface area contributed by atoms with E-state index < -0.39 is 0 Å². The molecule has 1 aliphatic heterocycles. The lowest BCUT2D eigenvalue weighted by Gasteiger charge is -2.23. The van der Waals surface area contributed by atoms with Crippen LogP contribution < -0.4 is 10.6 Å². The van der Waals surface area contributed by atoms with Crippen LogP contribution in [0.25, 0.3) is 0 Å². The van der Waals surface area contributed by atoms with E-state index >= 15 is 0 Å². The van der Waals surface area contributed by atoms with Gasteiger partial charge in [0.05, 0.1) is 11.7 Å². The summed E-state index contributed by atoms with van der Waals surface area (Å²) in [5, 5.41) is 14.8. The normalized spacial score (nSPS) is 20.2. The van der Waals surface area contributed by atoms with E-state index in [1.807, 2.05) is 11.6 Å². The number of aromatic nitrogens is 3. The van der Waals surface area contributed by atoms with Crippen LogP contribution in [0.4, 0.5) is 0 Å². The van der Waals surface area contributed by atoms with E-state index in [0.29, 0.717) is 11.7 Å². The van der Waals surface area contributed by atoms with E-state index in [1.54, 1.807) is 0 Å². The molecule has 6 nitrogen and oxygen atoms in total. The summed E-state index contributed by atoms with van der Waals surface area (Å²) in [6, 6.07) is 0.367. The van der Waals surface area contributed by atoms with Crippen LogP contribution in [0.15, 0.2) is 0 Å². The molecule has 0 spiro atoms. The van der Waals surface area contributed by atoms with Gasteiger partial charge >= 0.3 is 0 Å². The fraction of sp³-hybridized carbons (Fsp3) is 0.833. The Hall–Kier alpha value is -1.43. The summed E-state index contributed by atoms with van der Waals surface area (Å²) in [6.07, 6.45) is 11.3. The minimum Gasteiger partial charge on any atom is -0.351 e. The van der Waals surface area contributed by atoms with Crippen LogP contribution in [0.3, 0.4) is 0 Å². The topological polar surface area (TPSA) is 71.8 Å². The van der Waals surface area contributed by atoms with E-state index in [4.69, 9.17) is 0 Å². The Morgan fingerprint density at radius 1 is 1.21 bits per heavy atom. The smallest absolute Gasteiger partial charge is 0.273 e. The van der Waals surface area contributed by atoms with Crippen molar-refractivity contribution in [3.8, 4) is 0 Å². The van der Waals surface area contributed by atoms with Gasteiger partial charge in [0, 0.05) is 6.54 Å². The maximum atomic E-state index is 12.4. The van der Waals surface area contributed by atoms with Crippen LogP contribution in [-0.4, -0.2) is 40.5 Å². The van der Waals surface area contributed by atoms with Gasteiger partial charge in [-0.3, -0.25) is 4.79 Å². The zero-order valence-corrected chi connectivity index (χ0v) is 14.9. The number of hydrogen-bond donors (Lipinski definition) is 2. The summed E-state index contributed by atoms with van der Waals surface area (Å²) < 4.78 is 1.94. The van der Waals surface area contributed by atoms with Gasteiger partial charge in [-0.2, -0.15) is 0 Å². The van der Waals surface area contributed by atoms with Crippen LogP contribution in [0.2, 0.25) is 0 Å². The minimum absolute atomic E-state index is 0.0728. The molecule has 134 valence electrons. The highest BCUT2D eigenvalue weighted by molar-refractivity contribution is 5.93. The van der Waals surface area contributed by atoms with Gasteiger partial charge in [0.25, 0.3) is 5.91 Å². The molecular weight excluding hydrogens is 302 g/mol. The van der Waals surface area contributed by atoms with Gasteiger partial charge in [-0.25, -0.2) is 4.68 Å². The van der Waals surface area contributed by atoms with Gasteiger partial charge in [0.15, 0.2) is 5.69 Å². The molecule has 3 rings (SSSR count). The summed E-state index contributed by atoms with van der Waals surface area (Å²) in [7, 11) is 0. The fourth-order valence-corrected chi connectivity index (χ4v) is 4.10. The summed E-state index contributed by atoms with van der Waals surface area (Å²) in [6.45, 7) is 4.72. The molecular formula is C18H31N5O. The molecule has 0 unspecified atom stereocenters. The van der Waals surface area contributed by atoms with Crippen molar-refractivity contribution >= 4 is 5.91 Å². The molecule has 1 aromatic rings. The minimum atomic E-state index is -0.0728. The van der Waals surface area contributed by atoms with Gasteiger partial charge < -0.3 is 10.6 Å². The van der Waals surface area contributed by atoms with E-state index in [2.05, 4.69) is 20.9 Å². The summed E-state index contributed by atoms with van der Waals surface area (Å²) >= 11 is 0. The van der Waals surface area contributed by atoms with Crippen LogP contribution in [0.5, 0.6) is 0 Å². The first-order valence-corrected chi connectivity index (χ1v) is 9.66. The SMILES string of the molecule is Cc1c(C(=O)NCCCC2CCCCC2)nnn1C1CCNCC1. The molecule has 2 fully saturated rings. The quantitative estimate of drug-likeness (QED) is 0.785. The molecule has 1 amide bonds. The Kier molecular flexibility index (Phi) is 6.24. The van der Waals surface area contributed by atoms with Gasteiger partial charge in [-0.15, -0.1) is 5.10 Å². The molecule has 0 radical (unpaired) electrons. The van der Waals surface area contributed by atoms with Gasteiger partial charge in [-0.05, 0) is 51.6 Å². The highest BCUT2D eigenvalue weighted by atomic mass is 16.2. The standard InChI is InChI=1S/C18H31N5O/c1-14-17(21-22-23(14)16-9-12-19-13-10-16)18(24)20-11-5-8-15-6-3-2-4-7-15/h15-16,19H,2-13H2,1H3,(H,20,24). The van der Waals surface area contributed by atoms with E-state index in [9.17, 15) is 4.79 Å². The van der Waals surface area contributed by atoms with Gasteiger partial charge in [-0.1, -0.05) is 37.3 Å². The third kappa shape index (κ3) is 4.35. The van der Waals surface area contributed by atoms with Crippen LogP contribution >= 0.6 is 0 Å². The van der Waals surface area contributed by atoms with E-state index in [0.717, 1.165) is 50.5 Å². The zero-order chi connectivity index (χ0) is 16.8. The lowest BCUT2D eigenvalue weighted by Crippen LogP contribution is -2.30. The Balaban J connectivity index is 1.45. The number of carbonyl (C=O) groups is 1. The third-order valence-corrected chi connectivity index (χ3v) is 5.60. The van der Waals surface area contributed by atoms with Crippen LogP contribution in [0, 0.1) is 12.8 Å². The molecule has 2 heterocycles. The molecule has 2 aliphatic rings. The maximum absolute atomic E-state index is 12.4. The Morgan fingerprint density at radius 2 is 1.96 bits per heavy atom. The molecule has 0 aromatic carbocycles. The van der Waals surface area contributed by atoms with E-state index in [-0.39, 0.29) is 5.91 Å². The number of nitrogens with zero attached hydrogens (tertiary/aromatic N) is 3. The largest absolute Gasteiger partial charge is 0.351 e. The van der Waals surface area contributed by atoms with Crippen molar-refractivity contribution in [1.29, 1.82) is 0 Å². The number of carbonyl (C=O) groups excluding carboxylic acids is 1. The molecule has 6 heteroatoms. The highest BCUT2D eigenvalue weighted by Gasteiger charge is 2.22. The average Bonchev–Trinajstić information content (AvgIpc) is 3.02. The van der Waals surface area contributed by atoms with Crippen molar-refractivity contribution in [1.82, 2.24) is 25.6 Å². The fourth-order valence-electron chi connectivity index (χ4n) is 4.10. The number of nitrogens with one attached hydrogen (secondary N) is 2. The first-order valence-electron chi connectivity index (χ1n) is 9.66. The average molecular weight is 333 g/mol. The first kappa shape index (κ1) is 17.4. The first-order chi connectivity index (χ1) is 11.8. The van der Waals surface area contributed by atoms with Crippen molar-refractivity contribution in [3.05, 3.63) is 11.4 Å². The Morgan fingerprint density at radius 3 is 2.71 bits per heavy atom. The van der Waals surface area contributed by atoms with Crippen LogP contribution in [0.1, 0.15) is 80.0 Å². The monoisotopic (exact) mass is 333 g/mol. The third-order valence-electron chi connectivity index (χ3n) is 5.60. The molecule has 0 bridgehead atoms. The van der Waals surface area contributed by atoms with Gasteiger partial charge in [0.1, 0.15) is 0 Å². The molecule has 1 saturated heterocycles. The highest BCUT2D eigenvalue weighted by Crippen LogP contribution is 2.27. The predicted octanol–water partition coefficient (Wildman–Crippen LogP) is 2.60. The molecule has 1 aromatic heterocycles. The lowest BCUT2D eigenvalue weighted by atomic mass is 9.86. The van der Waals surface area contributed by atoms with E-state index in [1.165, 1.54) is 38.5 Å². The summed E-state index contributed by atoms with van der Waals surface area (Å²) in [4.78, 5) is 12.4. The lowest BCUT2D eigenvalue weighted by molar-refractivity contribution is 0.0946. The molecule has 2 N–H and O–H groups in total. The molecule has 0 atom stereocenters.